The second-order valence-corrected chi connectivity index (χ2v) is 5.21. The van der Waals surface area contributed by atoms with Crippen LogP contribution in [-0.4, -0.2) is 29.9 Å². The van der Waals surface area contributed by atoms with Crippen LogP contribution in [0.4, 0.5) is 5.69 Å². The zero-order chi connectivity index (χ0) is 15.5. The minimum absolute atomic E-state index is 0.0412. The van der Waals surface area contributed by atoms with Gasteiger partial charge in [0.25, 0.3) is 0 Å². The van der Waals surface area contributed by atoms with Gasteiger partial charge in [-0.1, -0.05) is 12.1 Å². The number of benzene rings is 1. The number of carbonyl (C=O) groups excluding carboxylic acids is 2. The zero-order valence-electron chi connectivity index (χ0n) is 11.8. The molecular formula is C15H18N2O4. The first-order valence-electron chi connectivity index (χ1n) is 6.82. The number of amides is 2. The topological polar surface area (TPSA) is 95.5 Å². The van der Waals surface area contributed by atoms with Crippen LogP contribution in [-0.2, 0) is 20.8 Å². The quantitative estimate of drug-likeness (QED) is 0.685. The Balaban J connectivity index is 2.03. The Hall–Kier alpha value is -2.37. The third-order valence-corrected chi connectivity index (χ3v) is 3.66. The molecule has 1 aliphatic rings. The second kappa shape index (κ2) is 5.95. The molecule has 1 aromatic rings. The van der Waals surface area contributed by atoms with Crippen LogP contribution in [0.5, 0.6) is 0 Å². The molecule has 21 heavy (non-hydrogen) atoms. The predicted octanol–water partition coefficient (Wildman–Crippen LogP) is 1.17. The van der Waals surface area contributed by atoms with Crippen LogP contribution in [0.1, 0.15) is 24.8 Å². The van der Waals surface area contributed by atoms with Gasteiger partial charge in [0.2, 0.25) is 11.8 Å². The first kappa shape index (κ1) is 15.0. The number of nitrogens with one attached hydrogen (secondary N) is 2. The van der Waals surface area contributed by atoms with Crippen molar-refractivity contribution in [1.82, 2.24) is 5.32 Å². The monoisotopic (exact) mass is 290 g/mol. The van der Waals surface area contributed by atoms with Gasteiger partial charge in [-0.15, -0.1) is 0 Å². The fraction of sp³-hybridized carbons (Fsp3) is 0.400. The van der Waals surface area contributed by atoms with Crippen molar-refractivity contribution in [3.05, 3.63) is 29.8 Å². The molecule has 1 aliphatic carbocycles. The number of carboxylic acids is 1. The fourth-order valence-electron chi connectivity index (χ4n) is 2.23. The Kier molecular flexibility index (Phi) is 4.26. The van der Waals surface area contributed by atoms with Crippen LogP contribution < -0.4 is 10.6 Å². The van der Waals surface area contributed by atoms with Crippen LogP contribution in [0.15, 0.2) is 24.3 Å². The lowest BCUT2D eigenvalue weighted by molar-refractivity contribution is -0.137. The molecule has 2 rings (SSSR count). The van der Waals surface area contributed by atoms with E-state index in [1.807, 2.05) is 6.07 Å². The standard InChI is InChI=1S/C15H18N2O4/c1-16-13(20)15(7-8-15)14(21)17-11-4-2-3-10(9-11)5-6-12(18)19/h2-4,9H,5-8H2,1H3,(H,16,20)(H,17,21)(H,18,19). The average Bonchev–Trinajstić information content (AvgIpc) is 3.26. The van der Waals surface area contributed by atoms with E-state index < -0.39 is 11.4 Å². The Morgan fingerprint density at radius 1 is 1.24 bits per heavy atom. The summed E-state index contributed by atoms with van der Waals surface area (Å²) in [6.45, 7) is 0. The van der Waals surface area contributed by atoms with Crippen molar-refractivity contribution < 1.29 is 19.5 Å². The highest BCUT2D eigenvalue weighted by Gasteiger charge is 2.56. The molecule has 3 N–H and O–H groups in total. The molecule has 0 radical (unpaired) electrons. The molecule has 6 heteroatoms. The van der Waals surface area contributed by atoms with Gasteiger partial charge in [0.05, 0.1) is 0 Å². The molecule has 1 aromatic carbocycles. The SMILES string of the molecule is CNC(=O)C1(C(=O)Nc2cccc(CCC(=O)O)c2)CC1. The maximum Gasteiger partial charge on any atom is 0.303 e. The highest BCUT2D eigenvalue weighted by Crippen LogP contribution is 2.46. The van der Waals surface area contributed by atoms with E-state index in [-0.39, 0.29) is 18.2 Å². The first-order valence-corrected chi connectivity index (χ1v) is 6.82. The van der Waals surface area contributed by atoms with Crippen molar-refractivity contribution in [3.63, 3.8) is 0 Å². The fourth-order valence-corrected chi connectivity index (χ4v) is 2.23. The summed E-state index contributed by atoms with van der Waals surface area (Å²) in [5, 5.41) is 13.9. The van der Waals surface area contributed by atoms with Gasteiger partial charge in [0.1, 0.15) is 5.41 Å². The Bertz CT molecular complexity index is 579. The minimum atomic E-state index is -0.939. The van der Waals surface area contributed by atoms with Gasteiger partial charge in [-0.25, -0.2) is 0 Å². The molecule has 0 saturated heterocycles. The molecular weight excluding hydrogens is 272 g/mol. The van der Waals surface area contributed by atoms with E-state index in [0.29, 0.717) is 24.9 Å². The summed E-state index contributed by atoms with van der Waals surface area (Å²) in [5.74, 6) is -1.43. The maximum atomic E-state index is 12.2. The van der Waals surface area contributed by atoms with E-state index in [0.717, 1.165) is 5.56 Å². The highest BCUT2D eigenvalue weighted by atomic mass is 16.4. The van der Waals surface area contributed by atoms with E-state index in [1.165, 1.54) is 7.05 Å². The van der Waals surface area contributed by atoms with Crippen LogP contribution in [0, 0.1) is 5.41 Å². The number of carboxylic acid groups (broad SMARTS) is 1. The molecule has 0 unspecified atom stereocenters. The van der Waals surface area contributed by atoms with Crippen molar-refractivity contribution in [2.24, 2.45) is 5.41 Å². The molecule has 6 nitrogen and oxygen atoms in total. The molecule has 0 bridgehead atoms. The first-order chi connectivity index (χ1) is 9.98. The van der Waals surface area contributed by atoms with E-state index >= 15 is 0 Å². The number of hydrogen-bond acceptors (Lipinski definition) is 3. The van der Waals surface area contributed by atoms with Crippen LogP contribution in [0.2, 0.25) is 0 Å². The van der Waals surface area contributed by atoms with Crippen molar-refractivity contribution in [3.8, 4) is 0 Å². The lowest BCUT2D eigenvalue weighted by Gasteiger charge is -2.14. The van der Waals surface area contributed by atoms with Crippen LogP contribution in [0.25, 0.3) is 0 Å². The van der Waals surface area contributed by atoms with E-state index in [9.17, 15) is 14.4 Å². The molecule has 0 heterocycles. The van der Waals surface area contributed by atoms with Crippen molar-refractivity contribution >= 4 is 23.5 Å². The molecule has 0 atom stereocenters. The molecule has 112 valence electrons. The molecule has 0 spiro atoms. The lowest BCUT2D eigenvalue weighted by Crippen LogP contribution is -2.38. The van der Waals surface area contributed by atoms with Gasteiger partial charge in [-0.3, -0.25) is 14.4 Å². The van der Waals surface area contributed by atoms with E-state index in [4.69, 9.17) is 5.11 Å². The van der Waals surface area contributed by atoms with Gasteiger partial charge < -0.3 is 15.7 Å². The summed E-state index contributed by atoms with van der Waals surface area (Å²) in [7, 11) is 1.52. The molecule has 0 aliphatic heterocycles. The van der Waals surface area contributed by atoms with Gasteiger partial charge in [0.15, 0.2) is 0 Å². The normalized spacial score (nSPS) is 15.1. The summed E-state index contributed by atoms with van der Waals surface area (Å²) >= 11 is 0. The van der Waals surface area contributed by atoms with Gasteiger partial charge >= 0.3 is 5.97 Å². The van der Waals surface area contributed by atoms with E-state index in [1.54, 1.807) is 18.2 Å². The number of hydrogen-bond donors (Lipinski definition) is 3. The Labute approximate surface area is 122 Å². The smallest absolute Gasteiger partial charge is 0.303 e. The maximum absolute atomic E-state index is 12.2. The van der Waals surface area contributed by atoms with Gasteiger partial charge in [0, 0.05) is 19.2 Å². The number of rotatable bonds is 6. The van der Waals surface area contributed by atoms with E-state index in [2.05, 4.69) is 10.6 Å². The lowest BCUT2D eigenvalue weighted by atomic mass is 10.0. The minimum Gasteiger partial charge on any atom is -0.481 e. The van der Waals surface area contributed by atoms with Crippen molar-refractivity contribution in [2.75, 3.05) is 12.4 Å². The zero-order valence-corrected chi connectivity index (χ0v) is 11.8. The number of aryl methyl sites for hydroxylation is 1. The van der Waals surface area contributed by atoms with Crippen LogP contribution >= 0.6 is 0 Å². The molecule has 1 fully saturated rings. The third kappa shape index (κ3) is 3.39. The highest BCUT2D eigenvalue weighted by molar-refractivity contribution is 6.12. The van der Waals surface area contributed by atoms with Gasteiger partial charge in [-0.2, -0.15) is 0 Å². The molecule has 0 aromatic heterocycles. The second-order valence-electron chi connectivity index (χ2n) is 5.21. The summed E-state index contributed by atoms with van der Waals surface area (Å²) in [4.78, 5) is 34.5. The Morgan fingerprint density at radius 2 is 1.95 bits per heavy atom. The summed E-state index contributed by atoms with van der Waals surface area (Å²) in [6, 6.07) is 7.03. The van der Waals surface area contributed by atoms with Gasteiger partial charge in [-0.05, 0) is 37.0 Å². The van der Waals surface area contributed by atoms with Crippen LogP contribution in [0.3, 0.4) is 0 Å². The number of carbonyl (C=O) groups is 3. The summed E-state index contributed by atoms with van der Waals surface area (Å²) in [6.07, 6.45) is 1.55. The third-order valence-electron chi connectivity index (χ3n) is 3.66. The molecule has 2 amide bonds. The molecule has 1 saturated carbocycles. The largest absolute Gasteiger partial charge is 0.481 e. The Morgan fingerprint density at radius 3 is 2.52 bits per heavy atom. The summed E-state index contributed by atoms with van der Waals surface area (Å²) < 4.78 is 0. The summed E-state index contributed by atoms with van der Waals surface area (Å²) in [5.41, 5.74) is 0.476. The average molecular weight is 290 g/mol. The van der Waals surface area contributed by atoms with Crippen molar-refractivity contribution in [2.45, 2.75) is 25.7 Å². The number of aliphatic carboxylic acids is 1. The number of anilines is 1. The van der Waals surface area contributed by atoms with Crippen molar-refractivity contribution in [1.29, 1.82) is 0 Å². The predicted molar refractivity (Wildman–Crippen MR) is 76.8 cm³/mol.